The third-order valence-corrected chi connectivity index (χ3v) is 1.26. The summed E-state index contributed by atoms with van der Waals surface area (Å²) >= 11 is 0. The molecule has 13 heavy (non-hydrogen) atoms. The molecule has 0 saturated heterocycles. The highest BCUT2D eigenvalue weighted by Crippen LogP contribution is 2.18. The van der Waals surface area contributed by atoms with Crippen molar-refractivity contribution in [2.45, 2.75) is 25.2 Å². The van der Waals surface area contributed by atoms with Gasteiger partial charge in [-0.05, 0) is 6.92 Å². The maximum atomic E-state index is 11.7. The number of hydrogen-bond donors (Lipinski definition) is 3. The zero-order chi connectivity index (χ0) is 10.6. The molecule has 0 bridgehead atoms. The first-order valence-corrected chi connectivity index (χ1v) is 3.53. The molecule has 4 nitrogen and oxygen atoms in total. The number of nitrogens with two attached hydrogens (primary N) is 1. The molecular formula is C6H11F3N2O2. The quantitative estimate of drug-likeness (QED) is 0.568. The zero-order valence-corrected chi connectivity index (χ0v) is 6.93. The predicted octanol–water partition coefficient (Wildman–Crippen LogP) is -0.627. The Morgan fingerprint density at radius 3 is 2.38 bits per heavy atom. The lowest BCUT2D eigenvalue weighted by atomic mass is 10.3. The van der Waals surface area contributed by atoms with Crippen molar-refractivity contribution in [1.82, 2.24) is 5.32 Å². The first kappa shape index (κ1) is 12.2. The van der Waals surface area contributed by atoms with Gasteiger partial charge < -0.3 is 16.2 Å². The fourth-order valence-corrected chi connectivity index (χ4v) is 0.474. The second-order valence-corrected chi connectivity index (χ2v) is 2.59. The number of amides is 1. The number of halogens is 3. The Kier molecular flexibility index (Phi) is 4.15. The van der Waals surface area contributed by atoms with E-state index in [1.807, 2.05) is 5.32 Å². The van der Waals surface area contributed by atoms with Gasteiger partial charge in [0.2, 0.25) is 5.91 Å². The van der Waals surface area contributed by atoms with Crippen LogP contribution in [-0.2, 0) is 4.79 Å². The minimum atomic E-state index is -4.72. The van der Waals surface area contributed by atoms with Gasteiger partial charge in [-0.1, -0.05) is 0 Å². The Morgan fingerprint density at radius 2 is 2.08 bits per heavy atom. The Labute approximate surface area is 72.9 Å². The third kappa shape index (κ3) is 4.69. The molecule has 0 aromatic rings. The Balaban J connectivity index is 3.84. The van der Waals surface area contributed by atoms with E-state index in [9.17, 15) is 18.0 Å². The van der Waals surface area contributed by atoms with Crippen LogP contribution < -0.4 is 11.1 Å². The number of nitrogens with one attached hydrogen (secondary N) is 1. The largest absolute Gasteiger partial charge is 0.416 e. The van der Waals surface area contributed by atoms with Crippen LogP contribution in [0.1, 0.15) is 6.92 Å². The van der Waals surface area contributed by atoms with Gasteiger partial charge in [-0.15, -0.1) is 0 Å². The summed E-state index contributed by atoms with van der Waals surface area (Å²) in [6, 6.07) is -0.888. The number of aliphatic hydroxyl groups excluding tert-OH is 1. The van der Waals surface area contributed by atoms with Crippen LogP contribution in [0.15, 0.2) is 0 Å². The van der Waals surface area contributed by atoms with E-state index in [2.05, 4.69) is 0 Å². The first-order chi connectivity index (χ1) is 5.75. The fraction of sp³-hybridized carbons (Fsp3) is 0.833. The van der Waals surface area contributed by atoms with Crippen molar-refractivity contribution in [2.24, 2.45) is 5.73 Å². The number of alkyl halides is 3. The number of carbonyl (C=O) groups is 1. The van der Waals surface area contributed by atoms with E-state index in [0.717, 1.165) is 0 Å². The Hall–Kier alpha value is -0.820. The molecule has 2 unspecified atom stereocenters. The van der Waals surface area contributed by atoms with E-state index in [-0.39, 0.29) is 0 Å². The van der Waals surface area contributed by atoms with Gasteiger partial charge in [-0.2, -0.15) is 13.2 Å². The highest BCUT2D eigenvalue weighted by molar-refractivity contribution is 5.80. The normalized spacial score (nSPS) is 16.5. The predicted molar refractivity (Wildman–Crippen MR) is 38.7 cm³/mol. The first-order valence-electron chi connectivity index (χ1n) is 3.53. The Bertz CT molecular complexity index is 181. The van der Waals surface area contributed by atoms with Crippen LogP contribution in [-0.4, -0.2) is 35.9 Å². The van der Waals surface area contributed by atoms with E-state index < -0.39 is 30.8 Å². The minimum Gasteiger partial charge on any atom is -0.382 e. The van der Waals surface area contributed by atoms with Crippen molar-refractivity contribution >= 4 is 5.91 Å². The highest BCUT2D eigenvalue weighted by Gasteiger charge is 2.38. The van der Waals surface area contributed by atoms with Crippen LogP contribution in [0.5, 0.6) is 0 Å². The lowest BCUT2D eigenvalue weighted by Gasteiger charge is -2.15. The van der Waals surface area contributed by atoms with Crippen molar-refractivity contribution in [3.63, 3.8) is 0 Å². The van der Waals surface area contributed by atoms with Crippen LogP contribution in [0.25, 0.3) is 0 Å². The van der Waals surface area contributed by atoms with Crippen molar-refractivity contribution in [3.8, 4) is 0 Å². The molecule has 0 heterocycles. The van der Waals surface area contributed by atoms with Crippen molar-refractivity contribution < 1.29 is 23.1 Å². The summed E-state index contributed by atoms with van der Waals surface area (Å²) in [7, 11) is 0. The molecule has 0 spiro atoms. The molecule has 7 heteroatoms. The third-order valence-electron chi connectivity index (χ3n) is 1.26. The summed E-state index contributed by atoms with van der Waals surface area (Å²) in [4.78, 5) is 10.7. The van der Waals surface area contributed by atoms with Gasteiger partial charge >= 0.3 is 6.18 Å². The molecule has 1 amide bonds. The summed E-state index contributed by atoms with van der Waals surface area (Å²) in [5.41, 5.74) is 5.06. The monoisotopic (exact) mass is 200 g/mol. The molecule has 0 aliphatic heterocycles. The van der Waals surface area contributed by atoms with Crippen LogP contribution in [0, 0.1) is 0 Å². The lowest BCUT2D eigenvalue weighted by Crippen LogP contribution is -2.45. The van der Waals surface area contributed by atoms with Gasteiger partial charge in [0, 0.05) is 0 Å². The van der Waals surface area contributed by atoms with Gasteiger partial charge in [0.05, 0.1) is 12.6 Å². The Morgan fingerprint density at radius 1 is 1.62 bits per heavy atom. The van der Waals surface area contributed by atoms with Crippen LogP contribution in [0.3, 0.4) is 0 Å². The standard InChI is InChI=1S/C6H11F3N2O2/c1-3(10)5(13)11-2-4(12)6(7,8)9/h3-4,12H,2,10H2,1H3,(H,11,13). The average molecular weight is 200 g/mol. The SMILES string of the molecule is CC(N)C(=O)NCC(O)C(F)(F)F. The molecule has 0 saturated carbocycles. The number of carbonyl (C=O) groups excluding carboxylic acids is 1. The van der Waals surface area contributed by atoms with Crippen molar-refractivity contribution in [1.29, 1.82) is 0 Å². The van der Waals surface area contributed by atoms with E-state index in [0.29, 0.717) is 0 Å². The summed E-state index contributed by atoms with van der Waals surface area (Å²) in [5, 5.41) is 10.3. The molecule has 0 aromatic heterocycles. The van der Waals surface area contributed by atoms with Gasteiger partial charge in [0.1, 0.15) is 0 Å². The van der Waals surface area contributed by atoms with Gasteiger partial charge in [-0.3, -0.25) is 4.79 Å². The molecule has 78 valence electrons. The number of rotatable bonds is 3. The van der Waals surface area contributed by atoms with Crippen molar-refractivity contribution in [3.05, 3.63) is 0 Å². The van der Waals surface area contributed by atoms with Gasteiger partial charge in [0.15, 0.2) is 6.10 Å². The molecule has 0 fully saturated rings. The topological polar surface area (TPSA) is 75.4 Å². The number of hydrogen-bond acceptors (Lipinski definition) is 3. The average Bonchev–Trinajstić information content (AvgIpc) is 1.97. The zero-order valence-electron chi connectivity index (χ0n) is 6.93. The molecule has 4 N–H and O–H groups in total. The molecule has 0 aliphatic rings. The second-order valence-electron chi connectivity index (χ2n) is 2.59. The molecule has 0 aromatic carbocycles. The van der Waals surface area contributed by atoms with Crippen molar-refractivity contribution in [2.75, 3.05) is 6.54 Å². The van der Waals surface area contributed by atoms with E-state index in [1.54, 1.807) is 0 Å². The highest BCUT2D eigenvalue weighted by atomic mass is 19.4. The van der Waals surface area contributed by atoms with E-state index >= 15 is 0 Å². The fourth-order valence-electron chi connectivity index (χ4n) is 0.474. The van der Waals surface area contributed by atoms with Crippen LogP contribution in [0.2, 0.25) is 0 Å². The summed E-state index contributed by atoms with van der Waals surface area (Å²) < 4.78 is 35.0. The van der Waals surface area contributed by atoms with Crippen LogP contribution >= 0.6 is 0 Å². The summed E-state index contributed by atoms with van der Waals surface area (Å²) in [6.07, 6.45) is -7.26. The number of aliphatic hydroxyl groups is 1. The minimum absolute atomic E-state index is 0.733. The van der Waals surface area contributed by atoms with Gasteiger partial charge in [0.25, 0.3) is 0 Å². The lowest BCUT2D eigenvalue weighted by molar-refractivity contribution is -0.201. The molecular weight excluding hydrogens is 189 g/mol. The molecule has 0 aliphatic carbocycles. The molecule has 0 radical (unpaired) electrons. The maximum absolute atomic E-state index is 11.7. The summed E-state index contributed by atoms with van der Waals surface area (Å²) in [5.74, 6) is -0.733. The van der Waals surface area contributed by atoms with E-state index in [1.165, 1.54) is 6.92 Å². The maximum Gasteiger partial charge on any atom is 0.416 e. The summed E-state index contributed by atoms with van der Waals surface area (Å²) in [6.45, 7) is 0.458. The van der Waals surface area contributed by atoms with Gasteiger partial charge in [-0.25, -0.2) is 0 Å². The smallest absolute Gasteiger partial charge is 0.382 e. The van der Waals surface area contributed by atoms with Crippen LogP contribution in [0.4, 0.5) is 13.2 Å². The molecule has 2 atom stereocenters. The molecule has 0 rings (SSSR count). The second kappa shape index (κ2) is 4.43. The van der Waals surface area contributed by atoms with E-state index in [4.69, 9.17) is 10.8 Å².